The second-order valence-corrected chi connectivity index (χ2v) is 7.29. The number of carboxylic acids is 1. The second-order valence-electron chi connectivity index (χ2n) is 7.29. The Hall–Kier alpha value is -2.76. The average molecular weight is 711 g/mol. The number of benzene rings is 3. The summed E-state index contributed by atoms with van der Waals surface area (Å²) in [5.41, 5.74) is 5.83. The van der Waals surface area contributed by atoms with Gasteiger partial charge in [0.1, 0.15) is 5.69 Å². The fraction of sp³-hybridized carbons (Fsp3) is 0.0357. The van der Waals surface area contributed by atoms with Crippen molar-refractivity contribution >= 4 is 16.9 Å². The van der Waals surface area contributed by atoms with E-state index in [2.05, 4.69) is 23.2 Å². The molecule has 0 amide bonds. The summed E-state index contributed by atoms with van der Waals surface area (Å²) in [6, 6.07) is 34.8. The molecule has 0 atom stereocenters. The summed E-state index contributed by atoms with van der Waals surface area (Å²) < 4.78 is 5.92. The molecule has 0 unspecified atom stereocenters. The molecule has 1 aliphatic heterocycles. The maximum absolute atomic E-state index is 10.1. The number of pyridine rings is 2. The van der Waals surface area contributed by atoms with Crippen molar-refractivity contribution in [2.24, 2.45) is 0 Å². The molecule has 0 bridgehead atoms. The number of carboxylic acid groups (broad SMARTS) is 1. The second kappa shape index (κ2) is 12.3. The van der Waals surface area contributed by atoms with Gasteiger partial charge < -0.3 is 14.8 Å². The molecule has 7 heteroatoms. The molecule has 0 saturated heterocycles. The molecule has 0 saturated carbocycles. The standard InChI is InChI=1S/C22H12NO.C6H5NO2.Ir.Y/c1-2-6-15(7-3-1)16-10-11-19-18(12-16)14-24-21-13-17-8-4-5-9-20(17)23-22(19)21;8-6(9)5-3-1-2-4-7-5;;/h1-6,8-10,13H,14H2;1-4H,(H,8,9);;/q-3;;;. The van der Waals surface area contributed by atoms with Crippen LogP contribution < -0.4 is 4.74 Å². The molecule has 5 aromatic rings. The van der Waals surface area contributed by atoms with Crippen LogP contribution in [0.15, 0.2) is 85.1 Å². The number of hydrogen-bond acceptors (Lipinski definition) is 4. The predicted octanol–water partition coefficient (Wildman–Crippen LogP) is 5.64. The third kappa shape index (κ3) is 6.09. The Bertz CT molecular complexity index is 1450. The summed E-state index contributed by atoms with van der Waals surface area (Å²) >= 11 is 0. The molecule has 3 aromatic carbocycles. The van der Waals surface area contributed by atoms with Crippen molar-refractivity contribution in [3.8, 4) is 28.1 Å². The van der Waals surface area contributed by atoms with Gasteiger partial charge in [-0.25, -0.2) is 39.1 Å². The van der Waals surface area contributed by atoms with E-state index in [0.717, 1.165) is 44.6 Å². The molecule has 0 spiro atoms. The van der Waals surface area contributed by atoms with Crippen LogP contribution in [0.4, 0.5) is 0 Å². The maximum Gasteiger partial charge on any atom is 0.354 e. The van der Waals surface area contributed by atoms with E-state index >= 15 is 0 Å². The van der Waals surface area contributed by atoms with Crippen molar-refractivity contribution in [3.63, 3.8) is 0 Å². The first kappa shape index (κ1) is 26.8. The topological polar surface area (TPSA) is 72.3 Å². The van der Waals surface area contributed by atoms with E-state index in [9.17, 15) is 4.79 Å². The molecule has 5 nitrogen and oxygen atoms in total. The molecule has 2 radical (unpaired) electrons. The van der Waals surface area contributed by atoms with E-state index in [-0.39, 0.29) is 58.5 Å². The number of ether oxygens (including phenoxy) is 1. The Morgan fingerprint density at radius 3 is 2.49 bits per heavy atom. The predicted molar refractivity (Wildman–Crippen MR) is 125 cm³/mol. The summed E-state index contributed by atoms with van der Waals surface area (Å²) in [6.45, 7) is 0.486. The van der Waals surface area contributed by atoms with Gasteiger partial charge in [0, 0.05) is 64.4 Å². The zero-order valence-corrected chi connectivity index (χ0v) is 23.6. The van der Waals surface area contributed by atoms with Gasteiger partial charge in [-0.15, -0.1) is 6.07 Å². The maximum atomic E-state index is 10.1. The summed E-state index contributed by atoms with van der Waals surface area (Å²) in [5, 5.41) is 9.40. The van der Waals surface area contributed by atoms with Gasteiger partial charge in [-0.2, -0.15) is 35.4 Å². The molecule has 172 valence electrons. The number of fused-ring (bicyclic) bond motifs is 4. The van der Waals surface area contributed by atoms with Gasteiger partial charge in [-0.05, 0) is 30.0 Å². The Balaban J connectivity index is 0.000000267. The fourth-order valence-electron chi connectivity index (χ4n) is 3.54. The summed E-state index contributed by atoms with van der Waals surface area (Å²) in [4.78, 5) is 18.5. The Morgan fingerprint density at radius 2 is 1.77 bits per heavy atom. The smallest absolute Gasteiger partial charge is 0.354 e. The summed E-state index contributed by atoms with van der Waals surface area (Å²) in [7, 11) is 0. The van der Waals surface area contributed by atoms with Crippen molar-refractivity contribution < 1.29 is 67.5 Å². The van der Waals surface area contributed by atoms with Crippen molar-refractivity contribution in [2.45, 2.75) is 6.61 Å². The molecule has 0 aliphatic carbocycles. The number of hydrogen-bond donors (Lipinski definition) is 1. The third-order valence-corrected chi connectivity index (χ3v) is 5.13. The summed E-state index contributed by atoms with van der Waals surface area (Å²) in [5.74, 6) is -0.180. The summed E-state index contributed by atoms with van der Waals surface area (Å²) in [6.07, 6.45) is 1.45. The van der Waals surface area contributed by atoms with Crippen LogP contribution in [0.2, 0.25) is 0 Å². The van der Waals surface area contributed by atoms with Crippen LogP contribution in [0.1, 0.15) is 16.1 Å². The molecule has 0 fully saturated rings. The van der Waals surface area contributed by atoms with E-state index < -0.39 is 5.97 Å². The van der Waals surface area contributed by atoms with E-state index in [4.69, 9.17) is 14.8 Å². The number of aromatic carboxylic acids is 1. The van der Waals surface area contributed by atoms with Gasteiger partial charge in [0.2, 0.25) is 0 Å². The van der Waals surface area contributed by atoms with E-state index in [0.29, 0.717) is 6.61 Å². The van der Waals surface area contributed by atoms with Crippen LogP contribution in [-0.4, -0.2) is 21.0 Å². The minimum Gasteiger partial charge on any atom is -0.508 e. The van der Waals surface area contributed by atoms with Crippen LogP contribution >= 0.6 is 0 Å². The first-order valence-corrected chi connectivity index (χ1v) is 10.3. The van der Waals surface area contributed by atoms with Crippen LogP contribution in [0.5, 0.6) is 5.75 Å². The molecule has 35 heavy (non-hydrogen) atoms. The number of rotatable bonds is 2. The molecule has 2 aromatic heterocycles. The number of carbonyl (C=O) groups is 1. The monoisotopic (exact) mass is 711 g/mol. The quantitative estimate of drug-likeness (QED) is 0.241. The zero-order valence-electron chi connectivity index (χ0n) is 18.4. The number of para-hydroxylation sites is 1. The van der Waals surface area contributed by atoms with E-state index in [1.165, 1.54) is 12.3 Å². The van der Waals surface area contributed by atoms with Gasteiger partial charge in [0.05, 0.1) is 17.9 Å². The van der Waals surface area contributed by atoms with Crippen LogP contribution in [0.25, 0.3) is 33.3 Å². The molecule has 6 rings (SSSR count). The SMILES string of the molecule is O=C(O)c1ccccn1.[Ir].[Y].[c-]1ccccc1-c1[c-]c2c([c-]c1)-c1nc3ccccc3cc1OC2. The van der Waals surface area contributed by atoms with Gasteiger partial charge in [-0.1, -0.05) is 24.3 Å². The molecular weight excluding hydrogens is 693 g/mol. The molecular formula is C28H17IrN2O3Y-3. The van der Waals surface area contributed by atoms with Crippen molar-refractivity contribution in [3.05, 3.63) is 115 Å². The van der Waals surface area contributed by atoms with E-state index in [1.807, 2.05) is 60.7 Å². The van der Waals surface area contributed by atoms with Gasteiger partial charge >= 0.3 is 5.97 Å². The fourth-order valence-corrected chi connectivity index (χ4v) is 3.54. The zero-order chi connectivity index (χ0) is 22.6. The number of aromatic nitrogens is 2. The number of nitrogens with zero attached hydrogens (tertiary/aromatic N) is 2. The minimum atomic E-state index is -0.990. The normalized spacial score (nSPS) is 10.7. The van der Waals surface area contributed by atoms with Crippen molar-refractivity contribution in [1.29, 1.82) is 0 Å². The van der Waals surface area contributed by atoms with Crippen molar-refractivity contribution in [2.75, 3.05) is 0 Å². The Morgan fingerprint density at radius 1 is 0.971 bits per heavy atom. The molecule has 1 N–H and O–H groups in total. The first-order valence-electron chi connectivity index (χ1n) is 10.3. The Labute approximate surface area is 241 Å². The van der Waals surface area contributed by atoms with Crippen LogP contribution in [0.3, 0.4) is 0 Å². The average Bonchev–Trinajstić information content (AvgIpc) is 2.88. The van der Waals surface area contributed by atoms with Crippen LogP contribution in [-0.2, 0) is 59.4 Å². The largest absolute Gasteiger partial charge is 0.508 e. The van der Waals surface area contributed by atoms with E-state index in [1.54, 1.807) is 12.1 Å². The van der Waals surface area contributed by atoms with Gasteiger partial charge in [-0.3, -0.25) is 0 Å². The third-order valence-electron chi connectivity index (χ3n) is 5.13. The van der Waals surface area contributed by atoms with Gasteiger partial charge in [0.25, 0.3) is 0 Å². The molecule has 1 aliphatic rings. The minimum absolute atomic E-state index is 0. The molecule has 3 heterocycles. The Kier molecular flexibility index (Phi) is 9.42. The van der Waals surface area contributed by atoms with Crippen molar-refractivity contribution in [1.82, 2.24) is 9.97 Å². The van der Waals surface area contributed by atoms with Crippen LogP contribution in [0, 0.1) is 18.2 Å². The first-order chi connectivity index (χ1) is 16.2. The van der Waals surface area contributed by atoms with Gasteiger partial charge in [0.15, 0.2) is 0 Å².